The number of ether oxygens (including phenoxy) is 1. The fourth-order valence-corrected chi connectivity index (χ4v) is 2.92. The predicted octanol–water partition coefficient (Wildman–Crippen LogP) is 0.0878. The van der Waals surface area contributed by atoms with Crippen molar-refractivity contribution in [3.8, 4) is 5.69 Å². The molecule has 8 nitrogen and oxygen atoms in total. The molecule has 0 bridgehead atoms. The summed E-state index contributed by atoms with van der Waals surface area (Å²) in [6.45, 7) is 3.07. The number of amides is 1. The number of rotatable bonds is 4. The Balaban J connectivity index is 1.64. The van der Waals surface area contributed by atoms with E-state index in [9.17, 15) is 4.79 Å². The van der Waals surface area contributed by atoms with E-state index in [1.54, 1.807) is 11.8 Å². The van der Waals surface area contributed by atoms with E-state index in [-0.39, 0.29) is 18.1 Å². The van der Waals surface area contributed by atoms with Gasteiger partial charge in [0, 0.05) is 26.2 Å². The fourth-order valence-electron chi connectivity index (χ4n) is 2.92. The molecule has 0 spiro atoms. The summed E-state index contributed by atoms with van der Waals surface area (Å²) in [5, 5.41) is 11.4. The number of carbonyl (C=O) groups excluding carboxylic acids is 1. The summed E-state index contributed by atoms with van der Waals surface area (Å²) in [6, 6.07) is 7.68. The van der Waals surface area contributed by atoms with Crippen molar-refractivity contribution in [2.45, 2.75) is 31.9 Å². The number of benzene rings is 1. The van der Waals surface area contributed by atoms with E-state index >= 15 is 0 Å². The SMILES string of the molecule is CO[C@H]1CN(C(=O)Cc2ccc(-n3nnnc3C)cc2)CC[C@H]1N. The maximum atomic E-state index is 12.5. The van der Waals surface area contributed by atoms with E-state index in [4.69, 9.17) is 10.5 Å². The van der Waals surface area contributed by atoms with Crippen LogP contribution in [0.1, 0.15) is 17.8 Å². The standard InChI is InChI=1S/C16H22N6O2/c1-11-18-19-20-22(11)13-5-3-12(4-6-13)9-16(23)21-8-7-14(17)15(10-21)24-2/h3-6,14-15H,7-10,17H2,1-2H3/t14-,15+/m1/s1. The Morgan fingerprint density at radius 1 is 1.38 bits per heavy atom. The lowest BCUT2D eigenvalue weighted by Crippen LogP contribution is -2.53. The number of aromatic nitrogens is 4. The molecule has 2 N–H and O–H groups in total. The van der Waals surface area contributed by atoms with Crippen LogP contribution in [0.4, 0.5) is 0 Å². The van der Waals surface area contributed by atoms with Crippen molar-refractivity contribution >= 4 is 5.91 Å². The predicted molar refractivity (Wildman–Crippen MR) is 87.6 cm³/mol. The van der Waals surface area contributed by atoms with Crippen molar-refractivity contribution in [2.75, 3.05) is 20.2 Å². The number of nitrogens with two attached hydrogens (primary N) is 1. The maximum Gasteiger partial charge on any atom is 0.227 e. The third-order valence-corrected chi connectivity index (χ3v) is 4.43. The van der Waals surface area contributed by atoms with Gasteiger partial charge in [0.15, 0.2) is 5.82 Å². The van der Waals surface area contributed by atoms with Crippen LogP contribution in [0.15, 0.2) is 24.3 Å². The second kappa shape index (κ2) is 7.06. The van der Waals surface area contributed by atoms with Crippen LogP contribution >= 0.6 is 0 Å². The Morgan fingerprint density at radius 3 is 2.75 bits per heavy atom. The quantitative estimate of drug-likeness (QED) is 0.853. The first-order valence-corrected chi connectivity index (χ1v) is 7.99. The van der Waals surface area contributed by atoms with Gasteiger partial charge in [-0.3, -0.25) is 4.79 Å². The first kappa shape index (κ1) is 16.5. The highest BCUT2D eigenvalue weighted by molar-refractivity contribution is 5.79. The van der Waals surface area contributed by atoms with Gasteiger partial charge in [-0.05, 0) is 41.5 Å². The van der Waals surface area contributed by atoms with Crippen molar-refractivity contribution in [2.24, 2.45) is 5.73 Å². The summed E-state index contributed by atoms with van der Waals surface area (Å²) in [7, 11) is 1.64. The molecule has 2 atom stereocenters. The van der Waals surface area contributed by atoms with Gasteiger partial charge in [-0.1, -0.05) is 12.1 Å². The van der Waals surface area contributed by atoms with Crippen LogP contribution in [0.5, 0.6) is 0 Å². The highest BCUT2D eigenvalue weighted by Gasteiger charge is 2.29. The minimum absolute atomic E-state index is 0.00198. The Bertz CT molecular complexity index is 699. The molecule has 0 saturated carbocycles. The van der Waals surface area contributed by atoms with Gasteiger partial charge in [0.1, 0.15) is 0 Å². The summed E-state index contributed by atoms with van der Waals surface area (Å²) in [6.07, 6.45) is 1.04. The minimum atomic E-state index is -0.0899. The smallest absolute Gasteiger partial charge is 0.227 e. The van der Waals surface area contributed by atoms with Crippen molar-refractivity contribution in [1.82, 2.24) is 25.1 Å². The third-order valence-electron chi connectivity index (χ3n) is 4.43. The number of likely N-dealkylation sites (tertiary alicyclic amines) is 1. The monoisotopic (exact) mass is 330 g/mol. The van der Waals surface area contributed by atoms with E-state index in [1.807, 2.05) is 36.1 Å². The molecule has 3 rings (SSSR count). The van der Waals surface area contributed by atoms with E-state index < -0.39 is 0 Å². The molecule has 2 aromatic rings. The van der Waals surface area contributed by atoms with Crippen LogP contribution in [-0.4, -0.2) is 63.4 Å². The van der Waals surface area contributed by atoms with E-state index in [0.29, 0.717) is 25.3 Å². The van der Waals surface area contributed by atoms with Gasteiger partial charge < -0.3 is 15.4 Å². The van der Waals surface area contributed by atoms with Crippen LogP contribution in [0.25, 0.3) is 5.69 Å². The minimum Gasteiger partial charge on any atom is -0.378 e. The summed E-state index contributed by atoms with van der Waals surface area (Å²) < 4.78 is 7.02. The van der Waals surface area contributed by atoms with Crippen LogP contribution < -0.4 is 5.73 Å². The molecule has 1 aromatic carbocycles. The average molecular weight is 330 g/mol. The Hall–Kier alpha value is -2.32. The number of hydrogen-bond acceptors (Lipinski definition) is 6. The number of aryl methyl sites for hydroxylation is 1. The fraction of sp³-hybridized carbons (Fsp3) is 0.500. The van der Waals surface area contributed by atoms with Gasteiger partial charge in [0.05, 0.1) is 18.2 Å². The molecule has 128 valence electrons. The lowest BCUT2D eigenvalue weighted by Gasteiger charge is -2.36. The van der Waals surface area contributed by atoms with Crippen molar-refractivity contribution < 1.29 is 9.53 Å². The van der Waals surface area contributed by atoms with Gasteiger partial charge in [-0.15, -0.1) is 5.10 Å². The van der Waals surface area contributed by atoms with E-state index in [2.05, 4.69) is 15.5 Å². The molecule has 1 fully saturated rings. The Labute approximate surface area is 140 Å². The Kier molecular flexibility index (Phi) is 4.86. The molecule has 1 amide bonds. The first-order chi connectivity index (χ1) is 11.6. The van der Waals surface area contributed by atoms with Crippen LogP contribution in [-0.2, 0) is 16.0 Å². The molecule has 0 radical (unpaired) electrons. The second-order valence-corrected chi connectivity index (χ2v) is 6.05. The number of methoxy groups -OCH3 is 1. The van der Waals surface area contributed by atoms with Crippen LogP contribution in [0.3, 0.4) is 0 Å². The number of tetrazole rings is 1. The third kappa shape index (κ3) is 3.44. The van der Waals surface area contributed by atoms with Crippen molar-refractivity contribution in [1.29, 1.82) is 0 Å². The zero-order chi connectivity index (χ0) is 17.1. The molecule has 1 aliphatic heterocycles. The van der Waals surface area contributed by atoms with E-state index in [0.717, 1.165) is 17.7 Å². The van der Waals surface area contributed by atoms with Crippen LogP contribution in [0, 0.1) is 6.92 Å². The highest BCUT2D eigenvalue weighted by atomic mass is 16.5. The average Bonchev–Trinajstić information content (AvgIpc) is 3.02. The number of hydrogen-bond donors (Lipinski definition) is 1. The van der Waals surface area contributed by atoms with Crippen molar-refractivity contribution in [3.63, 3.8) is 0 Å². The number of nitrogens with zero attached hydrogens (tertiary/aromatic N) is 5. The lowest BCUT2D eigenvalue weighted by molar-refractivity contribution is -0.134. The first-order valence-electron chi connectivity index (χ1n) is 7.99. The van der Waals surface area contributed by atoms with Crippen LogP contribution in [0.2, 0.25) is 0 Å². The molecular formula is C16H22N6O2. The van der Waals surface area contributed by atoms with Gasteiger partial charge in [0.25, 0.3) is 0 Å². The lowest BCUT2D eigenvalue weighted by atomic mass is 10.0. The molecule has 0 unspecified atom stereocenters. The Morgan fingerprint density at radius 2 is 2.12 bits per heavy atom. The zero-order valence-electron chi connectivity index (χ0n) is 13.9. The van der Waals surface area contributed by atoms with Gasteiger partial charge in [-0.2, -0.15) is 4.68 Å². The normalized spacial score (nSPS) is 21.0. The number of piperidine rings is 1. The topological polar surface area (TPSA) is 99.2 Å². The highest BCUT2D eigenvalue weighted by Crippen LogP contribution is 2.15. The molecule has 2 heterocycles. The second-order valence-electron chi connectivity index (χ2n) is 6.05. The molecule has 0 aliphatic carbocycles. The van der Waals surface area contributed by atoms with Crippen molar-refractivity contribution in [3.05, 3.63) is 35.7 Å². The largest absolute Gasteiger partial charge is 0.378 e. The summed E-state index contributed by atoms with van der Waals surface area (Å²) in [4.78, 5) is 14.3. The molecular weight excluding hydrogens is 308 g/mol. The number of carbonyl (C=O) groups is 1. The molecule has 1 saturated heterocycles. The molecule has 8 heteroatoms. The maximum absolute atomic E-state index is 12.5. The van der Waals surface area contributed by atoms with Gasteiger partial charge in [0.2, 0.25) is 5.91 Å². The zero-order valence-corrected chi connectivity index (χ0v) is 13.9. The van der Waals surface area contributed by atoms with E-state index in [1.165, 1.54) is 0 Å². The molecule has 24 heavy (non-hydrogen) atoms. The van der Waals surface area contributed by atoms with Gasteiger partial charge in [-0.25, -0.2) is 0 Å². The molecule has 1 aromatic heterocycles. The summed E-state index contributed by atoms with van der Waals surface area (Å²) >= 11 is 0. The van der Waals surface area contributed by atoms with Gasteiger partial charge >= 0.3 is 0 Å². The summed E-state index contributed by atoms with van der Waals surface area (Å²) in [5.41, 5.74) is 7.83. The molecule has 1 aliphatic rings. The summed E-state index contributed by atoms with van der Waals surface area (Å²) in [5.74, 6) is 0.810.